The molecule has 0 aromatic carbocycles. The van der Waals surface area contributed by atoms with Crippen LogP contribution < -0.4 is 0 Å². The topological polar surface area (TPSA) is 25.8 Å². The molecule has 1 aromatic heterocycles. The molecule has 8 heavy (non-hydrogen) atoms. The molecule has 0 unspecified atom stereocenters. The first-order valence-electron chi connectivity index (χ1n) is 1.92. The Balaban J connectivity index is 3.08. The Labute approximate surface area is 50.3 Å². The van der Waals surface area contributed by atoms with E-state index in [1.54, 1.807) is 0 Å². The van der Waals surface area contributed by atoms with Crippen LogP contribution in [0.2, 0.25) is 5.15 Å². The summed E-state index contributed by atoms with van der Waals surface area (Å²) in [4.78, 5) is 6.63. The van der Waals surface area contributed by atoms with E-state index in [2.05, 4.69) is 9.97 Å². The van der Waals surface area contributed by atoms with Crippen molar-refractivity contribution in [3.63, 3.8) is 0 Å². The Kier molecular flexibility index (Phi) is 1.39. The van der Waals surface area contributed by atoms with Gasteiger partial charge in [0.05, 0.1) is 0 Å². The van der Waals surface area contributed by atoms with E-state index in [0.29, 0.717) is 0 Å². The highest BCUT2D eigenvalue weighted by molar-refractivity contribution is 6.29. The Morgan fingerprint density at radius 2 is 2.25 bits per heavy atom. The van der Waals surface area contributed by atoms with E-state index < -0.39 is 5.95 Å². The van der Waals surface area contributed by atoms with E-state index in [4.69, 9.17) is 11.6 Å². The standard InChI is InChI=1S/C4H2ClFN2/c5-3-1-4(6)8-2-7-3/h1-2H. The zero-order valence-corrected chi connectivity index (χ0v) is 4.56. The maximum Gasteiger partial charge on any atom is 0.217 e. The third-order valence-electron chi connectivity index (χ3n) is 0.600. The van der Waals surface area contributed by atoms with Crippen LogP contribution >= 0.6 is 11.6 Å². The lowest BCUT2D eigenvalue weighted by Gasteiger charge is -1.83. The summed E-state index contributed by atoms with van der Waals surface area (Å²) in [6.45, 7) is 0. The summed E-state index contributed by atoms with van der Waals surface area (Å²) in [6.07, 6.45) is 1.07. The summed E-state index contributed by atoms with van der Waals surface area (Å²) < 4.78 is 11.9. The first-order valence-corrected chi connectivity index (χ1v) is 2.30. The molecule has 0 fully saturated rings. The smallest absolute Gasteiger partial charge is 0.217 e. The highest BCUT2D eigenvalue weighted by atomic mass is 35.5. The van der Waals surface area contributed by atoms with Crippen molar-refractivity contribution in [1.82, 2.24) is 9.97 Å². The second kappa shape index (κ2) is 2.05. The molecule has 0 saturated heterocycles. The summed E-state index contributed by atoms with van der Waals surface area (Å²) in [6, 6.07) is 1.04. The predicted octanol–water partition coefficient (Wildman–Crippen LogP) is 1.27. The predicted molar refractivity (Wildman–Crippen MR) is 27.0 cm³/mol. The summed E-state index contributed by atoms with van der Waals surface area (Å²) in [5, 5.41) is 0.123. The van der Waals surface area contributed by atoms with Crippen LogP contribution in [0.4, 0.5) is 4.39 Å². The number of hydrogen-bond acceptors (Lipinski definition) is 2. The minimum Gasteiger partial charge on any atom is -0.224 e. The number of hydrogen-bond donors (Lipinski definition) is 0. The van der Waals surface area contributed by atoms with Gasteiger partial charge >= 0.3 is 0 Å². The molecule has 0 aliphatic heterocycles. The summed E-state index contributed by atoms with van der Waals surface area (Å²) in [7, 11) is 0. The van der Waals surface area contributed by atoms with Crippen LogP contribution in [0.15, 0.2) is 12.4 Å². The van der Waals surface area contributed by atoms with Crippen LogP contribution in [0.25, 0.3) is 0 Å². The number of aromatic nitrogens is 2. The number of nitrogens with zero attached hydrogens (tertiary/aromatic N) is 2. The van der Waals surface area contributed by atoms with Gasteiger partial charge in [0.2, 0.25) is 5.95 Å². The van der Waals surface area contributed by atoms with Crippen molar-refractivity contribution in [2.75, 3.05) is 0 Å². The van der Waals surface area contributed by atoms with E-state index in [9.17, 15) is 4.39 Å². The van der Waals surface area contributed by atoms with Crippen LogP contribution in [0.3, 0.4) is 0 Å². The molecule has 0 N–H and O–H groups in total. The lowest BCUT2D eigenvalue weighted by Crippen LogP contribution is -1.81. The lowest BCUT2D eigenvalue weighted by atomic mass is 10.7. The maximum atomic E-state index is 11.9. The van der Waals surface area contributed by atoms with Crippen molar-refractivity contribution in [3.8, 4) is 0 Å². The zero-order valence-electron chi connectivity index (χ0n) is 3.81. The molecule has 2 nitrogen and oxygen atoms in total. The molecule has 0 aliphatic carbocycles. The molecule has 0 amide bonds. The number of halogens is 2. The minimum atomic E-state index is -0.606. The fourth-order valence-corrected chi connectivity index (χ4v) is 0.446. The Bertz CT molecular complexity index is 174. The first-order chi connectivity index (χ1) is 3.79. The van der Waals surface area contributed by atoms with Crippen molar-refractivity contribution in [3.05, 3.63) is 23.5 Å². The molecule has 1 heterocycles. The largest absolute Gasteiger partial charge is 0.224 e. The molecule has 0 bridgehead atoms. The van der Waals surface area contributed by atoms with Gasteiger partial charge in [-0.2, -0.15) is 4.39 Å². The van der Waals surface area contributed by atoms with Gasteiger partial charge in [-0.25, -0.2) is 9.97 Å². The average molecular weight is 133 g/mol. The normalized spacial score (nSPS) is 9.25. The highest BCUT2D eigenvalue weighted by Gasteiger charge is 1.89. The second-order valence-electron chi connectivity index (χ2n) is 1.16. The molecule has 0 aliphatic rings. The average Bonchev–Trinajstić information content (AvgIpc) is 1.64. The highest BCUT2D eigenvalue weighted by Crippen LogP contribution is 2.00. The van der Waals surface area contributed by atoms with Gasteiger partial charge in [0.1, 0.15) is 11.5 Å². The maximum absolute atomic E-state index is 11.9. The molecule has 0 radical (unpaired) electrons. The first kappa shape index (κ1) is 5.44. The van der Waals surface area contributed by atoms with Gasteiger partial charge in [-0.05, 0) is 0 Å². The van der Waals surface area contributed by atoms with Crippen LogP contribution in [0.1, 0.15) is 0 Å². The van der Waals surface area contributed by atoms with E-state index in [1.165, 1.54) is 0 Å². The molecule has 0 atom stereocenters. The third kappa shape index (κ3) is 1.13. The summed E-state index contributed by atoms with van der Waals surface area (Å²) in [5.74, 6) is -0.606. The van der Waals surface area contributed by atoms with E-state index in [0.717, 1.165) is 12.4 Å². The van der Waals surface area contributed by atoms with Crippen LogP contribution in [-0.2, 0) is 0 Å². The van der Waals surface area contributed by atoms with Crippen molar-refractivity contribution in [1.29, 1.82) is 0 Å². The molecule has 1 aromatic rings. The van der Waals surface area contributed by atoms with Crippen molar-refractivity contribution >= 4 is 11.6 Å². The second-order valence-corrected chi connectivity index (χ2v) is 1.55. The van der Waals surface area contributed by atoms with Gasteiger partial charge in [-0.15, -0.1) is 0 Å². The molecule has 0 saturated carbocycles. The quantitative estimate of drug-likeness (QED) is 0.497. The zero-order chi connectivity index (χ0) is 5.98. The van der Waals surface area contributed by atoms with Gasteiger partial charge in [-0.1, -0.05) is 11.6 Å². The monoisotopic (exact) mass is 132 g/mol. The van der Waals surface area contributed by atoms with Gasteiger partial charge in [0.15, 0.2) is 0 Å². The molecular formula is C4H2ClFN2. The van der Waals surface area contributed by atoms with Crippen LogP contribution in [0.5, 0.6) is 0 Å². The molecule has 4 heteroatoms. The van der Waals surface area contributed by atoms with Crippen molar-refractivity contribution < 1.29 is 4.39 Å². The fraction of sp³-hybridized carbons (Fsp3) is 0. The summed E-state index contributed by atoms with van der Waals surface area (Å²) in [5.41, 5.74) is 0. The van der Waals surface area contributed by atoms with Crippen LogP contribution in [-0.4, -0.2) is 9.97 Å². The Morgan fingerprint density at radius 3 is 2.62 bits per heavy atom. The van der Waals surface area contributed by atoms with E-state index in [-0.39, 0.29) is 5.15 Å². The van der Waals surface area contributed by atoms with Gasteiger partial charge in [0, 0.05) is 6.07 Å². The molecule has 42 valence electrons. The van der Waals surface area contributed by atoms with E-state index >= 15 is 0 Å². The van der Waals surface area contributed by atoms with Crippen molar-refractivity contribution in [2.45, 2.75) is 0 Å². The lowest BCUT2D eigenvalue weighted by molar-refractivity contribution is 0.579. The van der Waals surface area contributed by atoms with Crippen LogP contribution in [0, 0.1) is 5.95 Å². The van der Waals surface area contributed by atoms with Gasteiger partial charge in [0.25, 0.3) is 0 Å². The van der Waals surface area contributed by atoms with E-state index in [1.807, 2.05) is 0 Å². The molecule has 1 rings (SSSR count). The Morgan fingerprint density at radius 1 is 1.50 bits per heavy atom. The molecular weight excluding hydrogens is 131 g/mol. The minimum absolute atomic E-state index is 0.123. The third-order valence-corrected chi connectivity index (χ3v) is 0.807. The van der Waals surface area contributed by atoms with Crippen molar-refractivity contribution in [2.24, 2.45) is 0 Å². The number of rotatable bonds is 0. The molecule has 0 spiro atoms. The fourth-order valence-electron chi connectivity index (χ4n) is 0.312. The SMILES string of the molecule is Fc1cc(Cl)ncn1. The van der Waals surface area contributed by atoms with Gasteiger partial charge in [-0.3, -0.25) is 0 Å². The Hall–Kier alpha value is -0.700. The van der Waals surface area contributed by atoms with Gasteiger partial charge < -0.3 is 0 Å². The summed E-state index contributed by atoms with van der Waals surface area (Å²) >= 11 is 5.25.